The van der Waals surface area contributed by atoms with Crippen LogP contribution in [0.25, 0.3) is 16.6 Å². The summed E-state index contributed by atoms with van der Waals surface area (Å²) in [6.45, 7) is 0.540. The summed E-state index contributed by atoms with van der Waals surface area (Å²) >= 11 is 0. The molecule has 3 unspecified atom stereocenters. The van der Waals surface area contributed by atoms with Crippen LogP contribution in [0.4, 0.5) is 13.2 Å². The van der Waals surface area contributed by atoms with Gasteiger partial charge in [0.2, 0.25) is 0 Å². The Kier molecular flexibility index (Phi) is 6.32. The van der Waals surface area contributed by atoms with Gasteiger partial charge in [0.1, 0.15) is 23.2 Å². The van der Waals surface area contributed by atoms with E-state index in [9.17, 15) is 22.2 Å². The fraction of sp³-hybridized carbons (Fsp3) is 0.391. The first-order chi connectivity index (χ1) is 16.0. The van der Waals surface area contributed by atoms with Crippen LogP contribution >= 0.6 is 0 Å². The van der Waals surface area contributed by atoms with Crippen molar-refractivity contribution < 1.29 is 31.6 Å². The van der Waals surface area contributed by atoms with Crippen LogP contribution in [0.3, 0.4) is 0 Å². The standard InChI is InChI=1S/C23H24F3N3O4S/c1-23(2,34(4)31)13-5-6-17-14(10-27-29(17)11-13)12-7-18(32-3)20(19(8-12)33-22(25)26)21(30)28-16-9-15(16)24/h5-8,10-11,15-16,22H,9H2,1-4H3,(H,28,30). The van der Waals surface area contributed by atoms with Crippen molar-refractivity contribution in [1.29, 1.82) is 0 Å². The number of ether oxygens (including phenoxy) is 2. The lowest BCUT2D eigenvalue weighted by molar-refractivity contribution is -0.0502. The fourth-order valence-corrected chi connectivity index (χ4v) is 4.05. The molecule has 34 heavy (non-hydrogen) atoms. The Morgan fingerprint density at radius 1 is 1.29 bits per heavy atom. The first kappa shape index (κ1) is 24.1. The number of rotatable bonds is 8. The van der Waals surface area contributed by atoms with Gasteiger partial charge < -0.3 is 14.8 Å². The summed E-state index contributed by atoms with van der Waals surface area (Å²) in [5, 5.41) is 6.82. The molecule has 0 bridgehead atoms. The highest BCUT2D eigenvalue weighted by molar-refractivity contribution is 7.85. The molecule has 7 nitrogen and oxygen atoms in total. The zero-order valence-corrected chi connectivity index (χ0v) is 19.8. The predicted molar refractivity (Wildman–Crippen MR) is 122 cm³/mol. The third kappa shape index (κ3) is 4.48. The van der Waals surface area contributed by atoms with Crippen LogP contribution in [0, 0.1) is 0 Å². The minimum absolute atomic E-state index is 0.000177. The van der Waals surface area contributed by atoms with Gasteiger partial charge in [-0.15, -0.1) is 0 Å². The number of halogens is 3. The maximum absolute atomic E-state index is 13.3. The summed E-state index contributed by atoms with van der Waals surface area (Å²) in [6, 6.07) is 5.79. The number of carbonyl (C=O) groups excluding carboxylic acids is 1. The van der Waals surface area contributed by atoms with Crippen molar-refractivity contribution >= 4 is 22.2 Å². The molecule has 2 heterocycles. The normalized spacial score (nSPS) is 18.7. The number of alkyl halides is 3. The summed E-state index contributed by atoms with van der Waals surface area (Å²) < 4.78 is 62.8. The zero-order chi connectivity index (χ0) is 24.8. The van der Waals surface area contributed by atoms with Crippen molar-refractivity contribution in [2.45, 2.75) is 43.8 Å². The molecule has 1 aromatic carbocycles. The average Bonchev–Trinajstić information content (AvgIpc) is 3.29. The Morgan fingerprint density at radius 3 is 2.56 bits per heavy atom. The van der Waals surface area contributed by atoms with Gasteiger partial charge in [0, 0.05) is 35.2 Å². The molecule has 3 atom stereocenters. The SMILES string of the molecule is COc1cc(-c2cnn3cc(C(C)(C)S(C)=O)ccc23)cc(OC(F)F)c1C(=O)NC1CC1F. The van der Waals surface area contributed by atoms with Gasteiger partial charge in [0.25, 0.3) is 5.91 Å². The van der Waals surface area contributed by atoms with Crippen LogP contribution in [0.5, 0.6) is 11.5 Å². The van der Waals surface area contributed by atoms with Gasteiger partial charge in [0.15, 0.2) is 0 Å². The lowest BCUT2D eigenvalue weighted by atomic mass is 10.0. The molecule has 0 saturated heterocycles. The van der Waals surface area contributed by atoms with Crippen LogP contribution < -0.4 is 14.8 Å². The molecule has 1 amide bonds. The number of nitrogens with zero attached hydrogens (tertiary/aromatic N) is 2. The van der Waals surface area contributed by atoms with Gasteiger partial charge >= 0.3 is 6.61 Å². The second-order valence-electron chi connectivity index (χ2n) is 8.53. The number of nitrogens with one attached hydrogen (secondary N) is 1. The Labute approximate surface area is 196 Å². The number of benzene rings is 1. The lowest BCUT2D eigenvalue weighted by Gasteiger charge is -2.22. The van der Waals surface area contributed by atoms with Gasteiger partial charge in [-0.1, -0.05) is 6.07 Å². The largest absolute Gasteiger partial charge is 0.496 e. The first-order valence-electron chi connectivity index (χ1n) is 10.5. The van der Waals surface area contributed by atoms with Gasteiger partial charge in [0.05, 0.1) is 29.6 Å². The molecule has 1 aliphatic rings. The maximum Gasteiger partial charge on any atom is 0.387 e. The van der Waals surface area contributed by atoms with Crippen LogP contribution in [0.2, 0.25) is 0 Å². The maximum atomic E-state index is 13.3. The topological polar surface area (TPSA) is 81.9 Å². The van der Waals surface area contributed by atoms with Gasteiger partial charge in [-0.05, 0) is 43.2 Å². The van der Waals surface area contributed by atoms with E-state index < -0.39 is 46.0 Å². The highest BCUT2D eigenvalue weighted by atomic mass is 32.2. The third-order valence-electron chi connectivity index (χ3n) is 6.00. The molecule has 11 heteroatoms. The van der Waals surface area contributed by atoms with Gasteiger partial charge in [-0.2, -0.15) is 13.9 Å². The number of amides is 1. The quantitative estimate of drug-likeness (QED) is 0.510. The third-order valence-corrected chi connectivity index (χ3v) is 7.67. The van der Waals surface area contributed by atoms with E-state index in [1.165, 1.54) is 19.2 Å². The van der Waals surface area contributed by atoms with Crippen molar-refractivity contribution in [2.75, 3.05) is 13.4 Å². The van der Waals surface area contributed by atoms with Crippen molar-refractivity contribution in [2.24, 2.45) is 0 Å². The smallest absolute Gasteiger partial charge is 0.387 e. The second kappa shape index (κ2) is 8.94. The molecule has 1 fully saturated rings. The molecule has 1 N–H and O–H groups in total. The van der Waals surface area contributed by atoms with Crippen LogP contribution in [-0.2, 0) is 15.5 Å². The van der Waals surface area contributed by atoms with E-state index in [2.05, 4.69) is 15.2 Å². The average molecular weight is 496 g/mol. The fourth-order valence-electron chi connectivity index (χ4n) is 3.60. The summed E-state index contributed by atoms with van der Waals surface area (Å²) in [6.07, 6.45) is 3.95. The molecule has 4 rings (SSSR count). The Morgan fingerprint density at radius 2 is 1.97 bits per heavy atom. The second-order valence-corrected chi connectivity index (χ2v) is 10.5. The minimum atomic E-state index is -3.19. The van der Waals surface area contributed by atoms with Gasteiger partial charge in [-0.25, -0.2) is 8.91 Å². The molecule has 1 aliphatic carbocycles. The van der Waals surface area contributed by atoms with E-state index in [1.807, 2.05) is 19.9 Å². The molecule has 182 valence electrons. The molecule has 2 aromatic heterocycles. The van der Waals surface area contributed by atoms with E-state index in [0.717, 1.165) is 5.56 Å². The number of hydrogen-bond donors (Lipinski definition) is 1. The van der Waals surface area contributed by atoms with Gasteiger partial charge in [-0.3, -0.25) is 9.00 Å². The predicted octanol–water partition coefficient (Wildman–Crippen LogP) is 4.07. The Bertz CT molecular complexity index is 1280. The van der Waals surface area contributed by atoms with E-state index in [4.69, 9.17) is 4.74 Å². The van der Waals surface area contributed by atoms with Crippen LogP contribution in [-0.4, -0.2) is 51.9 Å². The summed E-state index contributed by atoms with van der Waals surface area (Å²) in [4.78, 5) is 12.7. The molecular weight excluding hydrogens is 471 g/mol. The number of hydrogen-bond acceptors (Lipinski definition) is 5. The molecule has 1 saturated carbocycles. The molecule has 3 aromatic rings. The summed E-state index contributed by atoms with van der Waals surface area (Å²) in [5.74, 6) is -1.15. The lowest BCUT2D eigenvalue weighted by Crippen LogP contribution is -2.28. The van der Waals surface area contributed by atoms with E-state index in [-0.39, 0.29) is 17.7 Å². The number of pyridine rings is 1. The Balaban J connectivity index is 1.79. The Hall–Kier alpha value is -3.08. The first-order valence-corrected chi connectivity index (χ1v) is 12.0. The highest BCUT2D eigenvalue weighted by Gasteiger charge is 2.40. The summed E-state index contributed by atoms with van der Waals surface area (Å²) in [7, 11) is 0.170. The van der Waals surface area contributed by atoms with E-state index >= 15 is 0 Å². The summed E-state index contributed by atoms with van der Waals surface area (Å²) in [5.41, 5.74) is 2.24. The van der Waals surface area contributed by atoms with E-state index in [0.29, 0.717) is 16.6 Å². The zero-order valence-electron chi connectivity index (χ0n) is 19.0. The van der Waals surface area contributed by atoms with Crippen LogP contribution in [0.1, 0.15) is 36.2 Å². The van der Waals surface area contributed by atoms with Crippen molar-refractivity contribution in [3.8, 4) is 22.6 Å². The van der Waals surface area contributed by atoms with Crippen molar-refractivity contribution in [3.63, 3.8) is 0 Å². The highest BCUT2D eigenvalue weighted by Crippen LogP contribution is 2.38. The van der Waals surface area contributed by atoms with Crippen molar-refractivity contribution in [3.05, 3.63) is 47.8 Å². The molecule has 0 aliphatic heterocycles. The van der Waals surface area contributed by atoms with E-state index in [1.54, 1.807) is 29.2 Å². The number of aromatic nitrogens is 2. The van der Waals surface area contributed by atoms with Crippen molar-refractivity contribution in [1.82, 2.24) is 14.9 Å². The number of carbonyl (C=O) groups is 1. The monoisotopic (exact) mass is 495 g/mol. The van der Waals surface area contributed by atoms with Crippen LogP contribution in [0.15, 0.2) is 36.7 Å². The number of fused-ring (bicyclic) bond motifs is 1. The molecule has 0 radical (unpaired) electrons. The number of methoxy groups -OCH3 is 1. The minimum Gasteiger partial charge on any atom is -0.496 e. The molecular formula is C23H24F3N3O4S. The molecule has 0 spiro atoms.